The highest BCUT2D eigenvalue weighted by Crippen LogP contribution is 2.41. The summed E-state index contributed by atoms with van der Waals surface area (Å²) in [6.45, 7) is 0.587. The van der Waals surface area contributed by atoms with Gasteiger partial charge in [-0.05, 0) is 42.7 Å². The first-order valence-corrected chi connectivity index (χ1v) is 10.4. The predicted octanol–water partition coefficient (Wildman–Crippen LogP) is 6.03. The van der Waals surface area contributed by atoms with Gasteiger partial charge >= 0.3 is 0 Å². The number of amides is 1. The van der Waals surface area contributed by atoms with Gasteiger partial charge in [0, 0.05) is 27.5 Å². The van der Waals surface area contributed by atoms with Crippen LogP contribution in [-0.2, 0) is 0 Å². The molecular weight excluding hydrogens is 388 g/mol. The first-order valence-electron chi connectivity index (χ1n) is 9.16. The fraction of sp³-hybridized carbons (Fsp3) is 0.130. The Hall–Kier alpha value is -2.56. The van der Waals surface area contributed by atoms with Crippen molar-refractivity contribution in [1.29, 1.82) is 0 Å². The molecule has 0 aromatic heterocycles. The largest absolute Gasteiger partial charge is 0.352 e. The topological polar surface area (TPSA) is 41.5 Å². The lowest BCUT2D eigenvalue weighted by atomic mass is 10.1. The molecule has 5 heteroatoms. The molecule has 1 heterocycles. The number of allylic oxidation sites excluding steroid dienone is 5. The summed E-state index contributed by atoms with van der Waals surface area (Å²) in [5, 5.41) is 3.44. The third kappa shape index (κ3) is 4.29. The Morgan fingerprint density at radius 2 is 2.04 bits per heavy atom. The standard InChI is InChI=1S/C23H19ClN2OS/c24-22-18-9-5-6-10-20(18)28-21-12-11-17(15-19(21)26-22)23(27)25-14-13-16-7-3-1-2-4-8-16/h1,3-12,15H,2,13-14H2,(H,25,27). The minimum atomic E-state index is -0.102. The number of nitrogens with one attached hydrogen (secondary N) is 1. The van der Waals surface area contributed by atoms with Crippen molar-refractivity contribution < 1.29 is 4.79 Å². The van der Waals surface area contributed by atoms with Crippen LogP contribution < -0.4 is 5.32 Å². The van der Waals surface area contributed by atoms with Crippen LogP contribution in [0, 0.1) is 0 Å². The van der Waals surface area contributed by atoms with E-state index in [4.69, 9.17) is 11.6 Å². The van der Waals surface area contributed by atoms with Gasteiger partial charge in [-0.2, -0.15) is 0 Å². The second-order valence-electron chi connectivity index (χ2n) is 6.50. The molecule has 0 spiro atoms. The molecule has 1 aliphatic carbocycles. The summed E-state index contributed by atoms with van der Waals surface area (Å²) in [7, 11) is 0. The van der Waals surface area contributed by atoms with E-state index in [1.54, 1.807) is 17.8 Å². The molecule has 1 N–H and O–H groups in total. The molecule has 28 heavy (non-hydrogen) atoms. The number of nitrogens with zero attached hydrogens (tertiary/aromatic N) is 1. The van der Waals surface area contributed by atoms with Crippen molar-refractivity contribution in [1.82, 2.24) is 5.32 Å². The number of rotatable bonds is 4. The van der Waals surface area contributed by atoms with E-state index in [1.807, 2.05) is 36.4 Å². The van der Waals surface area contributed by atoms with Gasteiger partial charge in [0.15, 0.2) is 0 Å². The molecule has 0 saturated carbocycles. The van der Waals surface area contributed by atoms with E-state index in [0.717, 1.165) is 33.9 Å². The van der Waals surface area contributed by atoms with Gasteiger partial charge in [0.05, 0.1) is 5.69 Å². The predicted molar refractivity (Wildman–Crippen MR) is 117 cm³/mol. The molecular formula is C23H19ClN2OS. The van der Waals surface area contributed by atoms with E-state index in [2.05, 4.69) is 40.7 Å². The Bertz CT molecular complexity index is 1040. The molecule has 4 rings (SSSR count). The van der Waals surface area contributed by atoms with Crippen LogP contribution in [0.15, 0.2) is 93.2 Å². The quantitative estimate of drug-likeness (QED) is 0.673. The molecule has 0 atom stereocenters. The van der Waals surface area contributed by atoms with Crippen LogP contribution in [0.2, 0.25) is 0 Å². The highest BCUT2D eigenvalue weighted by Gasteiger charge is 2.17. The number of halogens is 1. The van der Waals surface area contributed by atoms with E-state index >= 15 is 0 Å². The molecule has 2 aromatic carbocycles. The average molecular weight is 407 g/mol. The van der Waals surface area contributed by atoms with Crippen LogP contribution in [0.25, 0.3) is 0 Å². The molecule has 0 radical (unpaired) electrons. The SMILES string of the molecule is O=C(NCCC1=CC=CCC=C1)c1ccc2c(c1)N=C(Cl)c1ccccc1S2. The van der Waals surface area contributed by atoms with Gasteiger partial charge in [-0.25, -0.2) is 4.99 Å². The highest BCUT2D eigenvalue weighted by molar-refractivity contribution is 7.99. The van der Waals surface area contributed by atoms with Gasteiger partial charge in [-0.15, -0.1) is 0 Å². The lowest BCUT2D eigenvalue weighted by molar-refractivity contribution is 0.0954. The molecule has 1 aliphatic heterocycles. The van der Waals surface area contributed by atoms with Crippen LogP contribution in [0.3, 0.4) is 0 Å². The molecule has 2 aromatic rings. The maximum absolute atomic E-state index is 12.6. The van der Waals surface area contributed by atoms with Crippen LogP contribution >= 0.6 is 23.4 Å². The molecule has 0 bridgehead atoms. The summed E-state index contributed by atoms with van der Waals surface area (Å²) >= 11 is 8.03. The van der Waals surface area contributed by atoms with Crippen LogP contribution in [0.4, 0.5) is 5.69 Å². The molecule has 2 aliphatic rings. The third-order valence-electron chi connectivity index (χ3n) is 4.52. The Morgan fingerprint density at radius 1 is 1.14 bits per heavy atom. The van der Waals surface area contributed by atoms with Gasteiger partial charge < -0.3 is 5.32 Å². The van der Waals surface area contributed by atoms with Gasteiger partial charge in [0.2, 0.25) is 0 Å². The summed E-state index contributed by atoms with van der Waals surface area (Å²) in [6.07, 6.45) is 12.2. The number of carbonyl (C=O) groups is 1. The lowest BCUT2D eigenvalue weighted by Crippen LogP contribution is -2.24. The zero-order valence-electron chi connectivity index (χ0n) is 15.2. The smallest absolute Gasteiger partial charge is 0.251 e. The number of benzene rings is 2. The van der Waals surface area contributed by atoms with Crippen molar-refractivity contribution in [2.45, 2.75) is 22.6 Å². The zero-order chi connectivity index (χ0) is 19.3. The number of hydrogen-bond acceptors (Lipinski definition) is 3. The van der Waals surface area contributed by atoms with Crippen molar-refractivity contribution in [2.24, 2.45) is 4.99 Å². The Morgan fingerprint density at radius 3 is 2.96 bits per heavy atom. The van der Waals surface area contributed by atoms with E-state index in [0.29, 0.717) is 17.3 Å². The summed E-state index contributed by atoms with van der Waals surface area (Å²) < 4.78 is 0. The molecule has 140 valence electrons. The number of fused-ring (bicyclic) bond motifs is 2. The molecule has 0 saturated heterocycles. The zero-order valence-corrected chi connectivity index (χ0v) is 16.8. The summed E-state index contributed by atoms with van der Waals surface area (Å²) in [4.78, 5) is 19.2. The monoisotopic (exact) mass is 406 g/mol. The lowest BCUT2D eigenvalue weighted by Gasteiger charge is -2.08. The van der Waals surface area contributed by atoms with Crippen molar-refractivity contribution in [3.05, 3.63) is 89.5 Å². The summed E-state index contributed by atoms with van der Waals surface area (Å²) in [5.74, 6) is -0.102. The Kier molecular flexibility index (Phi) is 5.79. The number of aliphatic imine (C=N–C) groups is 1. The van der Waals surface area contributed by atoms with Gasteiger partial charge in [-0.3, -0.25) is 4.79 Å². The fourth-order valence-electron chi connectivity index (χ4n) is 3.06. The second-order valence-corrected chi connectivity index (χ2v) is 7.94. The van der Waals surface area contributed by atoms with Crippen molar-refractivity contribution in [3.63, 3.8) is 0 Å². The van der Waals surface area contributed by atoms with Crippen LogP contribution in [-0.4, -0.2) is 17.6 Å². The Labute approximate surface area is 173 Å². The second kappa shape index (κ2) is 8.63. The number of hydrogen-bond donors (Lipinski definition) is 1. The minimum Gasteiger partial charge on any atom is -0.352 e. The first-order chi connectivity index (χ1) is 13.7. The van der Waals surface area contributed by atoms with Crippen molar-refractivity contribution >= 4 is 40.1 Å². The van der Waals surface area contributed by atoms with Crippen molar-refractivity contribution in [3.8, 4) is 0 Å². The summed E-state index contributed by atoms with van der Waals surface area (Å²) in [5.41, 5.74) is 3.43. The van der Waals surface area contributed by atoms with Gasteiger partial charge in [0.25, 0.3) is 5.91 Å². The normalized spacial score (nSPS) is 14.9. The molecule has 1 amide bonds. The van der Waals surface area contributed by atoms with Crippen LogP contribution in [0.5, 0.6) is 0 Å². The highest BCUT2D eigenvalue weighted by atomic mass is 35.5. The maximum Gasteiger partial charge on any atom is 0.251 e. The van der Waals surface area contributed by atoms with Gasteiger partial charge in [-0.1, -0.05) is 71.9 Å². The number of carbonyl (C=O) groups excluding carboxylic acids is 1. The first kappa shape index (κ1) is 18.8. The van der Waals surface area contributed by atoms with Crippen molar-refractivity contribution in [2.75, 3.05) is 6.54 Å². The van der Waals surface area contributed by atoms with E-state index < -0.39 is 0 Å². The Balaban J connectivity index is 1.47. The summed E-state index contributed by atoms with van der Waals surface area (Å²) in [6, 6.07) is 13.5. The maximum atomic E-state index is 12.6. The van der Waals surface area contributed by atoms with E-state index in [1.165, 1.54) is 5.57 Å². The third-order valence-corrected chi connectivity index (χ3v) is 5.95. The van der Waals surface area contributed by atoms with E-state index in [9.17, 15) is 4.79 Å². The minimum absolute atomic E-state index is 0.102. The molecule has 0 unspecified atom stereocenters. The average Bonchev–Trinajstić information content (AvgIpc) is 3.05. The fourth-order valence-corrected chi connectivity index (χ4v) is 4.37. The van der Waals surface area contributed by atoms with E-state index in [-0.39, 0.29) is 5.91 Å². The van der Waals surface area contributed by atoms with Gasteiger partial charge in [0.1, 0.15) is 5.17 Å². The molecule has 0 fully saturated rings. The molecule has 3 nitrogen and oxygen atoms in total. The van der Waals surface area contributed by atoms with Crippen LogP contribution in [0.1, 0.15) is 28.8 Å².